The Labute approximate surface area is 155 Å². The minimum absolute atomic E-state index is 0.0450. The summed E-state index contributed by atoms with van der Waals surface area (Å²) in [6.07, 6.45) is 3.88. The Balaban J connectivity index is 1.67. The first-order valence-electron chi connectivity index (χ1n) is 9.43. The summed E-state index contributed by atoms with van der Waals surface area (Å²) in [5.41, 5.74) is 3.18. The normalized spacial score (nSPS) is 22.3. The molecule has 2 aliphatic rings. The highest BCUT2D eigenvalue weighted by Crippen LogP contribution is 2.30. The van der Waals surface area contributed by atoms with Crippen molar-refractivity contribution in [3.05, 3.63) is 28.8 Å². The van der Waals surface area contributed by atoms with E-state index in [1.165, 1.54) is 11.1 Å². The van der Waals surface area contributed by atoms with Crippen LogP contribution in [0.5, 0.6) is 5.75 Å². The van der Waals surface area contributed by atoms with E-state index in [0.717, 1.165) is 32.2 Å². The van der Waals surface area contributed by atoms with Crippen molar-refractivity contribution in [2.45, 2.75) is 37.8 Å². The fourth-order valence-corrected chi connectivity index (χ4v) is 3.62. The molecule has 1 heterocycles. The highest BCUT2D eigenvalue weighted by atomic mass is 16.5. The molecule has 0 aromatic heterocycles. The number of carbonyl (C=O) groups is 1. The van der Waals surface area contributed by atoms with E-state index in [0.29, 0.717) is 31.1 Å². The number of ether oxygens (including phenoxy) is 3. The number of hydrogen-bond acceptors (Lipinski definition) is 5. The molecule has 1 amide bonds. The maximum Gasteiger partial charge on any atom is 0.255 e. The van der Waals surface area contributed by atoms with Crippen LogP contribution in [0.4, 0.5) is 0 Å². The molecular formula is C20H30N2O4. The number of rotatable bonds is 7. The van der Waals surface area contributed by atoms with Crippen molar-refractivity contribution in [2.24, 2.45) is 0 Å². The van der Waals surface area contributed by atoms with E-state index in [1.807, 2.05) is 26.2 Å². The van der Waals surface area contributed by atoms with E-state index in [9.17, 15) is 4.79 Å². The molecule has 26 heavy (non-hydrogen) atoms. The van der Waals surface area contributed by atoms with Gasteiger partial charge in [0.15, 0.2) is 0 Å². The summed E-state index contributed by atoms with van der Waals surface area (Å²) in [4.78, 5) is 15.0. The van der Waals surface area contributed by atoms with Gasteiger partial charge in [0.1, 0.15) is 11.9 Å². The van der Waals surface area contributed by atoms with Crippen LogP contribution < -0.4 is 10.1 Å². The van der Waals surface area contributed by atoms with Gasteiger partial charge in [-0.3, -0.25) is 4.79 Å². The highest BCUT2D eigenvalue weighted by molar-refractivity contribution is 5.97. The van der Waals surface area contributed by atoms with Crippen molar-refractivity contribution in [3.8, 4) is 5.75 Å². The molecule has 1 aliphatic carbocycles. The zero-order chi connectivity index (χ0) is 18.5. The summed E-state index contributed by atoms with van der Waals surface area (Å²) in [6, 6.07) is 3.97. The Kier molecular flexibility index (Phi) is 6.51. The lowest BCUT2D eigenvalue weighted by Gasteiger charge is -2.32. The SMILES string of the molecule is COc1cc2c(cc1C(=O)N[C@H]1CCOC[C@@H]1OCCN(C)C)CCC2. The van der Waals surface area contributed by atoms with Gasteiger partial charge in [0.05, 0.1) is 31.9 Å². The van der Waals surface area contributed by atoms with Crippen LogP contribution in [0, 0.1) is 0 Å². The molecule has 1 aliphatic heterocycles. The summed E-state index contributed by atoms with van der Waals surface area (Å²) >= 11 is 0. The Morgan fingerprint density at radius 1 is 1.31 bits per heavy atom. The first-order chi connectivity index (χ1) is 12.6. The van der Waals surface area contributed by atoms with Crippen molar-refractivity contribution >= 4 is 5.91 Å². The van der Waals surface area contributed by atoms with Crippen molar-refractivity contribution in [1.29, 1.82) is 0 Å². The van der Waals surface area contributed by atoms with Gasteiger partial charge in [-0.1, -0.05) is 0 Å². The van der Waals surface area contributed by atoms with Gasteiger partial charge in [-0.25, -0.2) is 0 Å². The number of benzene rings is 1. The van der Waals surface area contributed by atoms with Gasteiger partial charge in [-0.15, -0.1) is 0 Å². The maximum absolute atomic E-state index is 12.9. The molecule has 0 unspecified atom stereocenters. The van der Waals surface area contributed by atoms with Crippen LogP contribution in [0.2, 0.25) is 0 Å². The van der Waals surface area contributed by atoms with Crippen LogP contribution in [-0.2, 0) is 22.3 Å². The van der Waals surface area contributed by atoms with E-state index in [2.05, 4.69) is 10.2 Å². The van der Waals surface area contributed by atoms with Crippen LogP contribution in [-0.4, -0.2) is 70.5 Å². The molecule has 0 bridgehead atoms. The quantitative estimate of drug-likeness (QED) is 0.799. The molecule has 1 saturated heterocycles. The molecule has 1 N–H and O–H groups in total. The van der Waals surface area contributed by atoms with Gasteiger partial charge in [-0.05, 0) is 63.0 Å². The Bertz CT molecular complexity index is 632. The first-order valence-corrected chi connectivity index (χ1v) is 9.43. The maximum atomic E-state index is 12.9. The van der Waals surface area contributed by atoms with Crippen LogP contribution in [0.1, 0.15) is 34.3 Å². The fraction of sp³-hybridized carbons (Fsp3) is 0.650. The van der Waals surface area contributed by atoms with Crippen LogP contribution in [0.25, 0.3) is 0 Å². The lowest BCUT2D eigenvalue weighted by molar-refractivity contribution is -0.0691. The second kappa shape index (κ2) is 8.84. The largest absolute Gasteiger partial charge is 0.496 e. The van der Waals surface area contributed by atoms with Gasteiger partial charge in [-0.2, -0.15) is 0 Å². The van der Waals surface area contributed by atoms with E-state index in [-0.39, 0.29) is 18.1 Å². The number of fused-ring (bicyclic) bond motifs is 1. The zero-order valence-corrected chi connectivity index (χ0v) is 16.0. The Morgan fingerprint density at radius 3 is 2.81 bits per heavy atom. The van der Waals surface area contributed by atoms with E-state index >= 15 is 0 Å². The minimum atomic E-state index is -0.118. The third-order valence-electron chi connectivity index (χ3n) is 5.15. The van der Waals surface area contributed by atoms with Gasteiger partial charge in [0, 0.05) is 13.2 Å². The van der Waals surface area contributed by atoms with E-state index in [4.69, 9.17) is 14.2 Å². The van der Waals surface area contributed by atoms with Crippen LogP contribution in [0.3, 0.4) is 0 Å². The molecule has 3 rings (SSSR count). The van der Waals surface area contributed by atoms with Crippen molar-refractivity contribution in [3.63, 3.8) is 0 Å². The smallest absolute Gasteiger partial charge is 0.255 e. The number of likely N-dealkylation sites (N-methyl/N-ethyl adjacent to an activating group) is 1. The van der Waals surface area contributed by atoms with E-state index < -0.39 is 0 Å². The average molecular weight is 362 g/mol. The highest BCUT2D eigenvalue weighted by Gasteiger charge is 2.29. The van der Waals surface area contributed by atoms with Crippen molar-refractivity contribution < 1.29 is 19.0 Å². The molecule has 144 valence electrons. The summed E-state index contributed by atoms with van der Waals surface area (Å²) in [6.45, 7) is 2.62. The molecule has 2 atom stereocenters. The Hall–Kier alpha value is -1.63. The summed E-state index contributed by atoms with van der Waals surface area (Å²) in [7, 11) is 5.65. The van der Waals surface area contributed by atoms with Crippen LogP contribution >= 0.6 is 0 Å². The standard InChI is InChI=1S/C20H30N2O4/c1-22(2)8-10-26-19-13-25-9-7-17(19)21-20(23)16-11-14-5-4-6-15(14)12-18(16)24-3/h11-12,17,19H,4-10,13H2,1-3H3,(H,21,23)/t17-,19-/m0/s1. The average Bonchev–Trinajstić information content (AvgIpc) is 3.09. The number of aryl methyl sites for hydroxylation is 2. The summed E-state index contributed by atoms with van der Waals surface area (Å²) < 4.78 is 17.0. The Morgan fingerprint density at radius 2 is 2.08 bits per heavy atom. The third-order valence-corrected chi connectivity index (χ3v) is 5.15. The van der Waals surface area contributed by atoms with Crippen LogP contribution in [0.15, 0.2) is 12.1 Å². The molecular weight excluding hydrogens is 332 g/mol. The second-order valence-corrected chi connectivity index (χ2v) is 7.33. The summed E-state index contributed by atoms with van der Waals surface area (Å²) in [5.74, 6) is 0.560. The predicted molar refractivity (Wildman–Crippen MR) is 100 cm³/mol. The first kappa shape index (κ1) is 19.1. The van der Waals surface area contributed by atoms with Gasteiger partial charge in [0.25, 0.3) is 5.91 Å². The lowest BCUT2D eigenvalue weighted by Crippen LogP contribution is -2.50. The minimum Gasteiger partial charge on any atom is -0.496 e. The van der Waals surface area contributed by atoms with Gasteiger partial charge >= 0.3 is 0 Å². The number of carbonyl (C=O) groups excluding carboxylic acids is 1. The molecule has 1 fully saturated rings. The van der Waals surface area contributed by atoms with E-state index in [1.54, 1.807) is 7.11 Å². The number of hydrogen-bond donors (Lipinski definition) is 1. The van der Waals surface area contributed by atoms with Crippen molar-refractivity contribution in [1.82, 2.24) is 10.2 Å². The molecule has 0 spiro atoms. The third kappa shape index (κ3) is 4.55. The number of nitrogens with zero attached hydrogens (tertiary/aromatic N) is 1. The summed E-state index contributed by atoms with van der Waals surface area (Å²) in [5, 5.41) is 3.15. The second-order valence-electron chi connectivity index (χ2n) is 7.33. The molecule has 6 nitrogen and oxygen atoms in total. The predicted octanol–water partition coefficient (Wildman–Crippen LogP) is 1.65. The molecule has 0 saturated carbocycles. The molecule has 1 aromatic rings. The molecule has 6 heteroatoms. The number of methoxy groups -OCH3 is 1. The number of nitrogens with one attached hydrogen (secondary N) is 1. The molecule has 0 radical (unpaired) electrons. The monoisotopic (exact) mass is 362 g/mol. The molecule has 1 aromatic carbocycles. The lowest BCUT2D eigenvalue weighted by atomic mass is 10.0. The zero-order valence-electron chi connectivity index (χ0n) is 16.0. The van der Waals surface area contributed by atoms with Gasteiger partial charge in [0.2, 0.25) is 0 Å². The van der Waals surface area contributed by atoms with Gasteiger partial charge < -0.3 is 24.4 Å². The van der Waals surface area contributed by atoms with Crippen molar-refractivity contribution in [2.75, 3.05) is 47.6 Å². The number of amides is 1. The fourth-order valence-electron chi connectivity index (χ4n) is 3.62. The topological polar surface area (TPSA) is 60.0 Å².